The number of carboxylic acid groups (broad SMARTS) is 1. The number of aromatic hydroxyl groups is 1. The van der Waals surface area contributed by atoms with Gasteiger partial charge in [-0.05, 0) is 30.3 Å². The average molecular weight is 215 g/mol. The zero-order valence-electron chi connectivity index (χ0n) is 8.29. The van der Waals surface area contributed by atoms with Gasteiger partial charge in [0.2, 0.25) is 0 Å². The zero-order valence-corrected chi connectivity index (χ0v) is 8.29. The maximum absolute atomic E-state index is 10.8. The van der Waals surface area contributed by atoms with Crippen molar-refractivity contribution >= 4 is 5.97 Å². The van der Waals surface area contributed by atoms with Gasteiger partial charge in [-0.1, -0.05) is 6.07 Å². The van der Waals surface area contributed by atoms with E-state index in [9.17, 15) is 9.90 Å². The van der Waals surface area contributed by atoms with Crippen molar-refractivity contribution in [2.24, 2.45) is 0 Å². The summed E-state index contributed by atoms with van der Waals surface area (Å²) in [6.07, 6.45) is 1.59. The van der Waals surface area contributed by atoms with E-state index in [1.165, 1.54) is 18.2 Å². The van der Waals surface area contributed by atoms with Crippen LogP contribution in [0.5, 0.6) is 5.75 Å². The van der Waals surface area contributed by atoms with Crippen LogP contribution in [0.2, 0.25) is 0 Å². The predicted molar refractivity (Wildman–Crippen MR) is 58.3 cm³/mol. The third kappa shape index (κ3) is 1.86. The summed E-state index contributed by atoms with van der Waals surface area (Å²) in [7, 11) is 0. The molecule has 0 aliphatic heterocycles. The predicted octanol–water partition coefficient (Wildman–Crippen LogP) is 2.15. The summed E-state index contributed by atoms with van der Waals surface area (Å²) in [4.78, 5) is 14.9. The van der Waals surface area contributed by atoms with Gasteiger partial charge in [-0.25, -0.2) is 4.79 Å². The number of hydrogen-bond donors (Lipinski definition) is 2. The molecule has 0 unspecified atom stereocenters. The molecule has 80 valence electrons. The molecule has 2 aromatic rings. The van der Waals surface area contributed by atoms with Crippen molar-refractivity contribution in [3.63, 3.8) is 0 Å². The van der Waals surface area contributed by atoms with Crippen LogP contribution < -0.4 is 0 Å². The van der Waals surface area contributed by atoms with Crippen LogP contribution in [0.4, 0.5) is 0 Å². The topological polar surface area (TPSA) is 70.4 Å². The van der Waals surface area contributed by atoms with Crippen LogP contribution in [0.25, 0.3) is 11.3 Å². The fraction of sp³-hybridized carbons (Fsp3) is 0. The minimum atomic E-state index is -1.03. The fourth-order valence-corrected chi connectivity index (χ4v) is 1.40. The second kappa shape index (κ2) is 4.02. The SMILES string of the molecule is O=C(O)c1ccc(O)c(-c2ccccn2)c1. The van der Waals surface area contributed by atoms with Crippen LogP contribution in [-0.4, -0.2) is 21.2 Å². The lowest BCUT2D eigenvalue weighted by Crippen LogP contribution is -1.96. The third-order valence-electron chi connectivity index (χ3n) is 2.18. The molecule has 0 saturated heterocycles. The molecule has 0 amide bonds. The van der Waals surface area contributed by atoms with Gasteiger partial charge >= 0.3 is 5.97 Å². The van der Waals surface area contributed by atoms with Crippen LogP contribution in [0, 0.1) is 0 Å². The zero-order chi connectivity index (χ0) is 11.5. The van der Waals surface area contributed by atoms with Gasteiger partial charge in [-0.15, -0.1) is 0 Å². The number of carbonyl (C=O) groups is 1. The van der Waals surface area contributed by atoms with E-state index >= 15 is 0 Å². The van der Waals surface area contributed by atoms with Crippen molar-refractivity contribution in [2.75, 3.05) is 0 Å². The molecule has 2 rings (SSSR count). The van der Waals surface area contributed by atoms with Gasteiger partial charge in [0.25, 0.3) is 0 Å². The third-order valence-corrected chi connectivity index (χ3v) is 2.18. The highest BCUT2D eigenvalue weighted by Gasteiger charge is 2.09. The highest BCUT2D eigenvalue weighted by Crippen LogP contribution is 2.28. The van der Waals surface area contributed by atoms with E-state index in [1.807, 2.05) is 0 Å². The first-order valence-electron chi connectivity index (χ1n) is 4.66. The second-order valence-corrected chi connectivity index (χ2v) is 3.25. The molecule has 1 aromatic heterocycles. The van der Waals surface area contributed by atoms with E-state index in [-0.39, 0.29) is 11.3 Å². The molecule has 16 heavy (non-hydrogen) atoms. The minimum Gasteiger partial charge on any atom is -0.507 e. The summed E-state index contributed by atoms with van der Waals surface area (Å²) in [5.74, 6) is -1.01. The van der Waals surface area contributed by atoms with Crippen LogP contribution in [0.15, 0.2) is 42.6 Å². The highest BCUT2D eigenvalue weighted by molar-refractivity contribution is 5.90. The van der Waals surface area contributed by atoms with Crippen molar-refractivity contribution in [1.82, 2.24) is 4.98 Å². The van der Waals surface area contributed by atoms with Gasteiger partial charge in [-0.3, -0.25) is 4.98 Å². The molecule has 0 bridgehead atoms. The molecule has 1 heterocycles. The van der Waals surface area contributed by atoms with Crippen LogP contribution in [0.3, 0.4) is 0 Å². The van der Waals surface area contributed by atoms with Crippen molar-refractivity contribution in [3.05, 3.63) is 48.2 Å². The molecule has 1 aromatic carbocycles. The van der Waals surface area contributed by atoms with E-state index in [1.54, 1.807) is 24.4 Å². The number of rotatable bonds is 2. The number of phenols is 1. The van der Waals surface area contributed by atoms with Gasteiger partial charge in [0.15, 0.2) is 0 Å². The first kappa shape index (κ1) is 10.2. The van der Waals surface area contributed by atoms with Crippen molar-refractivity contribution in [2.45, 2.75) is 0 Å². The maximum atomic E-state index is 10.8. The van der Waals surface area contributed by atoms with Gasteiger partial charge in [0, 0.05) is 11.8 Å². The monoisotopic (exact) mass is 215 g/mol. The molecule has 0 spiro atoms. The van der Waals surface area contributed by atoms with E-state index in [0.29, 0.717) is 11.3 Å². The molecule has 0 fully saturated rings. The standard InChI is InChI=1S/C12H9NO3/c14-11-5-4-8(12(15)16)7-9(11)10-3-1-2-6-13-10/h1-7,14H,(H,15,16). The molecule has 4 nitrogen and oxygen atoms in total. The quantitative estimate of drug-likeness (QED) is 0.805. The van der Waals surface area contributed by atoms with Gasteiger partial charge in [0.05, 0.1) is 11.3 Å². The van der Waals surface area contributed by atoms with Crippen molar-refractivity contribution in [1.29, 1.82) is 0 Å². The average Bonchev–Trinajstić information content (AvgIpc) is 2.30. The smallest absolute Gasteiger partial charge is 0.335 e. The summed E-state index contributed by atoms with van der Waals surface area (Å²) in [5, 5.41) is 18.5. The number of carboxylic acids is 1. The van der Waals surface area contributed by atoms with E-state index < -0.39 is 5.97 Å². The first-order valence-corrected chi connectivity index (χ1v) is 4.66. The Morgan fingerprint density at radius 2 is 2.00 bits per heavy atom. The Morgan fingerprint density at radius 1 is 1.19 bits per heavy atom. The van der Waals surface area contributed by atoms with Crippen molar-refractivity contribution < 1.29 is 15.0 Å². The van der Waals surface area contributed by atoms with Crippen molar-refractivity contribution in [3.8, 4) is 17.0 Å². The summed E-state index contributed by atoms with van der Waals surface area (Å²) < 4.78 is 0. The number of aromatic carboxylic acids is 1. The Morgan fingerprint density at radius 3 is 2.62 bits per heavy atom. The molecular formula is C12H9NO3. The highest BCUT2D eigenvalue weighted by atomic mass is 16.4. The summed E-state index contributed by atoms with van der Waals surface area (Å²) in [5.41, 5.74) is 1.09. The van der Waals surface area contributed by atoms with Gasteiger partial charge < -0.3 is 10.2 Å². The lowest BCUT2D eigenvalue weighted by atomic mass is 10.1. The van der Waals surface area contributed by atoms with Gasteiger partial charge in [0.1, 0.15) is 5.75 Å². The lowest BCUT2D eigenvalue weighted by Gasteiger charge is -2.04. The number of pyridine rings is 1. The normalized spacial score (nSPS) is 10.0. The second-order valence-electron chi connectivity index (χ2n) is 3.25. The number of nitrogens with zero attached hydrogens (tertiary/aromatic N) is 1. The van der Waals surface area contributed by atoms with E-state index in [0.717, 1.165) is 0 Å². The lowest BCUT2D eigenvalue weighted by molar-refractivity contribution is 0.0697. The maximum Gasteiger partial charge on any atom is 0.335 e. The molecule has 0 aliphatic carbocycles. The Hall–Kier alpha value is -2.36. The van der Waals surface area contributed by atoms with Crippen LogP contribution in [0.1, 0.15) is 10.4 Å². The number of benzene rings is 1. The van der Waals surface area contributed by atoms with Crippen LogP contribution in [-0.2, 0) is 0 Å². The summed E-state index contributed by atoms with van der Waals surface area (Å²) in [6.45, 7) is 0. The number of hydrogen-bond acceptors (Lipinski definition) is 3. The van der Waals surface area contributed by atoms with Gasteiger partial charge in [-0.2, -0.15) is 0 Å². The van der Waals surface area contributed by atoms with E-state index in [2.05, 4.69) is 4.98 Å². The molecule has 4 heteroatoms. The molecular weight excluding hydrogens is 206 g/mol. The summed E-state index contributed by atoms with van der Waals surface area (Å²) >= 11 is 0. The molecule has 0 saturated carbocycles. The molecule has 0 radical (unpaired) electrons. The Balaban J connectivity index is 2.56. The Kier molecular flexibility index (Phi) is 2.55. The largest absolute Gasteiger partial charge is 0.507 e. The summed E-state index contributed by atoms with van der Waals surface area (Å²) in [6, 6.07) is 9.34. The molecule has 0 aliphatic rings. The Labute approximate surface area is 91.8 Å². The fourth-order valence-electron chi connectivity index (χ4n) is 1.40. The minimum absolute atomic E-state index is 0.0173. The van der Waals surface area contributed by atoms with Crippen LogP contribution >= 0.6 is 0 Å². The Bertz CT molecular complexity index is 523. The first-order chi connectivity index (χ1) is 7.68. The number of aromatic nitrogens is 1. The van der Waals surface area contributed by atoms with E-state index in [4.69, 9.17) is 5.11 Å². The molecule has 2 N–H and O–H groups in total. The molecule has 0 atom stereocenters. The number of phenolic OH excluding ortho intramolecular Hbond substituents is 1.